The highest BCUT2D eigenvalue weighted by atomic mass is 16.5. The number of hydrogen-bond acceptors (Lipinski definition) is 6. The van der Waals surface area contributed by atoms with E-state index in [9.17, 15) is 19.5 Å². The van der Waals surface area contributed by atoms with Crippen molar-refractivity contribution in [2.24, 2.45) is 11.8 Å². The summed E-state index contributed by atoms with van der Waals surface area (Å²) in [5.41, 5.74) is -0.779. The Labute approximate surface area is 241 Å². The molecule has 2 aromatic rings. The average Bonchev–Trinajstić information content (AvgIpc) is 3.52. The Hall–Kier alpha value is -3.43. The van der Waals surface area contributed by atoms with Gasteiger partial charge in [-0.1, -0.05) is 43.7 Å². The van der Waals surface area contributed by atoms with Crippen molar-refractivity contribution in [2.75, 3.05) is 18.5 Å². The standard InChI is InChI=1S/C32H41N3O6/c1-5-10-20(3)33-29(38)27-32-18-17-31(4,41-32)25(28(37)34-22-13-15-23(16-14-22)40-6-2)26(32)30(39)35(27)24(19-36)21-11-8-7-9-12-21/h7-9,11-16,20,24-27,36H,5-6,10,17-19H2,1-4H3,(H,33,38)(H,34,37)/t20?,24-,25-,26+,27?,31+,32?/m1/s1. The van der Waals surface area contributed by atoms with Gasteiger partial charge in [-0.3, -0.25) is 14.4 Å². The number of rotatable bonds is 11. The van der Waals surface area contributed by atoms with Crippen LogP contribution >= 0.6 is 0 Å². The van der Waals surface area contributed by atoms with Crippen LogP contribution in [-0.2, 0) is 19.1 Å². The molecule has 0 aliphatic carbocycles. The van der Waals surface area contributed by atoms with Crippen molar-refractivity contribution in [1.29, 1.82) is 0 Å². The van der Waals surface area contributed by atoms with E-state index in [1.807, 2.05) is 51.1 Å². The summed E-state index contributed by atoms with van der Waals surface area (Å²) in [6.45, 7) is 7.94. The van der Waals surface area contributed by atoms with Crippen molar-refractivity contribution < 1.29 is 29.0 Å². The second-order valence-corrected chi connectivity index (χ2v) is 11.7. The van der Waals surface area contributed by atoms with Crippen LogP contribution in [0.2, 0.25) is 0 Å². The first-order chi connectivity index (χ1) is 19.7. The largest absolute Gasteiger partial charge is 0.494 e. The van der Waals surface area contributed by atoms with E-state index in [2.05, 4.69) is 17.6 Å². The van der Waals surface area contributed by atoms with Crippen LogP contribution in [0.5, 0.6) is 5.75 Å². The van der Waals surface area contributed by atoms with Crippen LogP contribution in [0.3, 0.4) is 0 Å². The van der Waals surface area contributed by atoms with Gasteiger partial charge in [0.1, 0.15) is 17.4 Å². The third-order valence-electron chi connectivity index (χ3n) is 8.98. The molecule has 9 nitrogen and oxygen atoms in total. The zero-order valence-corrected chi connectivity index (χ0v) is 24.3. The molecule has 5 rings (SSSR count). The Kier molecular flexibility index (Phi) is 8.12. The SMILES string of the molecule is CCCC(C)NC(=O)C1N([C@H](CO)c2ccccc2)C(=O)[C@@H]2[C@H](C(=O)Nc3ccc(OCC)cc3)[C@]3(C)CCC12O3. The lowest BCUT2D eigenvalue weighted by atomic mass is 9.66. The summed E-state index contributed by atoms with van der Waals surface area (Å²) in [6, 6.07) is 14.5. The predicted molar refractivity (Wildman–Crippen MR) is 154 cm³/mol. The summed E-state index contributed by atoms with van der Waals surface area (Å²) >= 11 is 0. The lowest BCUT2D eigenvalue weighted by molar-refractivity contribution is -0.149. The van der Waals surface area contributed by atoms with Gasteiger partial charge < -0.3 is 30.1 Å². The molecule has 3 fully saturated rings. The Balaban J connectivity index is 1.52. The molecular formula is C32H41N3O6. The summed E-state index contributed by atoms with van der Waals surface area (Å²) in [7, 11) is 0. The highest BCUT2D eigenvalue weighted by Gasteiger charge is 2.78. The third-order valence-corrected chi connectivity index (χ3v) is 8.98. The van der Waals surface area contributed by atoms with E-state index in [0.29, 0.717) is 30.9 Å². The van der Waals surface area contributed by atoms with E-state index in [1.54, 1.807) is 24.3 Å². The molecule has 0 aromatic heterocycles. The van der Waals surface area contributed by atoms with Crippen LogP contribution in [0.25, 0.3) is 0 Å². The fraction of sp³-hybridized carbons (Fsp3) is 0.531. The van der Waals surface area contributed by atoms with E-state index in [-0.39, 0.29) is 30.4 Å². The fourth-order valence-electron chi connectivity index (χ4n) is 7.28. The Morgan fingerprint density at radius 2 is 1.80 bits per heavy atom. The number of carbonyl (C=O) groups is 3. The number of ether oxygens (including phenoxy) is 2. The number of fused-ring (bicyclic) bond motifs is 1. The maximum Gasteiger partial charge on any atom is 0.246 e. The van der Waals surface area contributed by atoms with E-state index in [0.717, 1.165) is 18.4 Å². The van der Waals surface area contributed by atoms with Gasteiger partial charge in [-0.2, -0.15) is 0 Å². The van der Waals surface area contributed by atoms with Crippen LogP contribution in [0.1, 0.15) is 65.0 Å². The summed E-state index contributed by atoms with van der Waals surface area (Å²) in [4.78, 5) is 43.9. The number of likely N-dealkylation sites (tertiary alicyclic amines) is 1. The minimum absolute atomic E-state index is 0.0999. The van der Waals surface area contributed by atoms with E-state index < -0.39 is 35.1 Å². The molecule has 9 heteroatoms. The average molecular weight is 564 g/mol. The summed E-state index contributed by atoms with van der Waals surface area (Å²) in [5.74, 6) is -1.95. The summed E-state index contributed by atoms with van der Waals surface area (Å²) in [5, 5.41) is 16.7. The van der Waals surface area contributed by atoms with Crippen molar-refractivity contribution in [3.8, 4) is 5.75 Å². The Bertz CT molecular complexity index is 1270. The summed E-state index contributed by atoms with van der Waals surface area (Å²) in [6.07, 6.45) is 2.69. The molecule has 3 unspecified atom stereocenters. The molecule has 3 saturated heterocycles. The van der Waals surface area contributed by atoms with Gasteiger partial charge in [-0.05, 0) is 69.9 Å². The van der Waals surface area contributed by atoms with Gasteiger partial charge >= 0.3 is 0 Å². The molecule has 3 aliphatic rings. The molecular weight excluding hydrogens is 522 g/mol. The van der Waals surface area contributed by atoms with Crippen molar-refractivity contribution in [3.05, 3.63) is 60.2 Å². The first-order valence-electron chi connectivity index (χ1n) is 14.7. The van der Waals surface area contributed by atoms with Gasteiger partial charge in [-0.15, -0.1) is 0 Å². The molecule has 2 bridgehead atoms. The molecule has 3 amide bonds. The number of anilines is 1. The van der Waals surface area contributed by atoms with Gasteiger partial charge in [0.15, 0.2) is 0 Å². The van der Waals surface area contributed by atoms with Crippen LogP contribution in [0.15, 0.2) is 54.6 Å². The molecule has 41 heavy (non-hydrogen) atoms. The second-order valence-electron chi connectivity index (χ2n) is 11.7. The lowest BCUT2D eigenvalue weighted by Crippen LogP contribution is -2.57. The molecule has 2 aromatic carbocycles. The van der Waals surface area contributed by atoms with Crippen molar-refractivity contribution in [1.82, 2.24) is 10.2 Å². The van der Waals surface area contributed by atoms with Crippen LogP contribution in [0, 0.1) is 11.8 Å². The zero-order valence-electron chi connectivity index (χ0n) is 24.3. The number of aliphatic hydroxyl groups excluding tert-OH is 1. The van der Waals surface area contributed by atoms with Crippen molar-refractivity contribution in [2.45, 2.75) is 82.7 Å². The van der Waals surface area contributed by atoms with Crippen LogP contribution in [0.4, 0.5) is 5.69 Å². The topological polar surface area (TPSA) is 117 Å². The number of nitrogens with one attached hydrogen (secondary N) is 2. The van der Waals surface area contributed by atoms with Crippen LogP contribution in [-0.4, -0.2) is 64.2 Å². The summed E-state index contributed by atoms with van der Waals surface area (Å²) < 4.78 is 12.2. The smallest absolute Gasteiger partial charge is 0.246 e. The molecule has 220 valence electrons. The Morgan fingerprint density at radius 1 is 1.10 bits per heavy atom. The van der Waals surface area contributed by atoms with Crippen molar-refractivity contribution in [3.63, 3.8) is 0 Å². The maximum absolute atomic E-state index is 14.5. The number of nitrogens with zero attached hydrogens (tertiary/aromatic N) is 1. The first-order valence-corrected chi connectivity index (χ1v) is 14.7. The number of benzene rings is 2. The number of aliphatic hydroxyl groups is 1. The minimum Gasteiger partial charge on any atom is -0.494 e. The minimum atomic E-state index is -1.18. The zero-order chi connectivity index (χ0) is 29.4. The van der Waals surface area contributed by atoms with E-state index >= 15 is 0 Å². The number of carbonyl (C=O) groups excluding carboxylic acids is 3. The monoisotopic (exact) mass is 563 g/mol. The normalized spacial score (nSPS) is 29.6. The maximum atomic E-state index is 14.5. The van der Waals surface area contributed by atoms with Gasteiger partial charge in [0.25, 0.3) is 0 Å². The number of amides is 3. The molecule has 3 N–H and O–H groups in total. The van der Waals surface area contributed by atoms with Crippen molar-refractivity contribution >= 4 is 23.4 Å². The molecule has 7 atom stereocenters. The molecule has 3 heterocycles. The van der Waals surface area contributed by atoms with E-state index in [1.165, 1.54) is 4.90 Å². The molecule has 3 aliphatic heterocycles. The van der Waals surface area contributed by atoms with Gasteiger partial charge in [-0.25, -0.2) is 0 Å². The van der Waals surface area contributed by atoms with Gasteiger partial charge in [0, 0.05) is 11.7 Å². The Morgan fingerprint density at radius 3 is 2.44 bits per heavy atom. The molecule has 1 spiro atoms. The molecule has 0 saturated carbocycles. The van der Waals surface area contributed by atoms with Gasteiger partial charge in [0.2, 0.25) is 17.7 Å². The van der Waals surface area contributed by atoms with Gasteiger partial charge in [0.05, 0.1) is 36.7 Å². The second kappa shape index (κ2) is 11.4. The first kappa shape index (κ1) is 29.1. The highest BCUT2D eigenvalue weighted by molar-refractivity contribution is 6.02. The quantitative estimate of drug-likeness (QED) is 0.383. The predicted octanol–water partition coefficient (Wildman–Crippen LogP) is 3.83. The lowest BCUT2D eigenvalue weighted by Gasteiger charge is -2.37. The van der Waals surface area contributed by atoms with E-state index in [4.69, 9.17) is 9.47 Å². The number of hydrogen-bond donors (Lipinski definition) is 3. The third kappa shape index (κ3) is 4.99. The highest BCUT2D eigenvalue weighted by Crippen LogP contribution is 2.64. The van der Waals surface area contributed by atoms with Crippen LogP contribution < -0.4 is 15.4 Å². The molecule has 0 radical (unpaired) electrons. The fourth-order valence-corrected chi connectivity index (χ4v) is 7.28.